The van der Waals surface area contributed by atoms with E-state index in [1.54, 1.807) is 6.07 Å². The number of nitrogens with zero attached hydrogens (tertiary/aromatic N) is 2. The van der Waals surface area contributed by atoms with Crippen molar-refractivity contribution in [2.75, 3.05) is 5.73 Å². The number of nitrogens with two attached hydrogens (primary N) is 1. The third kappa shape index (κ3) is 2.27. The van der Waals surface area contributed by atoms with E-state index in [4.69, 9.17) is 11.0 Å². The quantitative estimate of drug-likeness (QED) is 0.526. The Kier molecular flexibility index (Phi) is 3.76. The molecule has 2 aromatic rings. The molecule has 2 rings (SSSR count). The second kappa shape index (κ2) is 5.36. The maximum absolute atomic E-state index is 13.7. The van der Waals surface area contributed by atoms with Crippen molar-refractivity contribution >= 4 is 5.69 Å². The summed E-state index contributed by atoms with van der Waals surface area (Å²) in [5, 5.41) is 8.60. The highest BCUT2D eigenvalue weighted by Crippen LogP contribution is 2.34. The van der Waals surface area contributed by atoms with E-state index >= 15 is 0 Å². The van der Waals surface area contributed by atoms with Gasteiger partial charge in [0.2, 0.25) is 5.82 Å². The largest absolute Gasteiger partial charge is 0.397 e. The molecule has 0 fully saturated rings. The molecule has 0 aliphatic rings. The summed E-state index contributed by atoms with van der Waals surface area (Å²) in [7, 11) is 0. The van der Waals surface area contributed by atoms with E-state index in [9.17, 15) is 22.0 Å². The van der Waals surface area contributed by atoms with E-state index in [1.807, 2.05) is 0 Å². The molecule has 0 amide bonds. The van der Waals surface area contributed by atoms with Crippen LogP contribution in [0.3, 0.4) is 0 Å². The highest BCUT2D eigenvalue weighted by Gasteiger charge is 2.28. The van der Waals surface area contributed by atoms with Crippen molar-refractivity contribution in [2.24, 2.45) is 0 Å². The van der Waals surface area contributed by atoms with Crippen LogP contribution in [-0.4, -0.2) is 4.98 Å². The minimum Gasteiger partial charge on any atom is -0.397 e. The molecule has 1 aromatic carbocycles. The molecule has 2 N–H and O–H groups in total. The van der Waals surface area contributed by atoms with Crippen LogP contribution in [0.2, 0.25) is 0 Å². The summed E-state index contributed by atoms with van der Waals surface area (Å²) in [6, 6.07) is 3.07. The Morgan fingerprint density at radius 1 is 1.00 bits per heavy atom. The highest BCUT2D eigenvalue weighted by atomic mass is 19.2. The van der Waals surface area contributed by atoms with Gasteiger partial charge in [-0.05, 0) is 11.6 Å². The van der Waals surface area contributed by atoms with Crippen LogP contribution < -0.4 is 5.73 Å². The molecule has 0 saturated heterocycles. The SMILES string of the molecule is N#CCc1ccnc(-c2c(F)c(F)c(F)c(F)c2F)c1N. The molecule has 0 aliphatic heterocycles. The molecule has 0 unspecified atom stereocenters. The molecule has 3 nitrogen and oxygen atoms in total. The first kappa shape index (κ1) is 14.7. The van der Waals surface area contributed by atoms with Crippen LogP contribution in [0.1, 0.15) is 5.56 Å². The molecule has 0 spiro atoms. The van der Waals surface area contributed by atoms with Crippen molar-refractivity contribution in [3.63, 3.8) is 0 Å². The average molecular weight is 299 g/mol. The van der Waals surface area contributed by atoms with Gasteiger partial charge < -0.3 is 5.73 Å². The van der Waals surface area contributed by atoms with Crippen LogP contribution >= 0.6 is 0 Å². The fourth-order valence-electron chi connectivity index (χ4n) is 1.76. The van der Waals surface area contributed by atoms with E-state index in [0.717, 1.165) is 6.20 Å². The van der Waals surface area contributed by atoms with Gasteiger partial charge in [-0.1, -0.05) is 0 Å². The summed E-state index contributed by atoms with van der Waals surface area (Å²) in [6.07, 6.45) is 0.868. The van der Waals surface area contributed by atoms with Crippen LogP contribution in [-0.2, 0) is 6.42 Å². The Hall–Kier alpha value is -2.69. The number of rotatable bonds is 2. The molecule has 0 saturated carbocycles. The fourth-order valence-corrected chi connectivity index (χ4v) is 1.76. The lowest BCUT2D eigenvalue weighted by molar-refractivity contribution is 0.381. The summed E-state index contributed by atoms with van der Waals surface area (Å²) in [5.74, 6) is -10.5. The van der Waals surface area contributed by atoms with Gasteiger partial charge in [-0.15, -0.1) is 0 Å². The van der Waals surface area contributed by atoms with Gasteiger partial charge in [0.1, 0.15) is 0 Å². The van der Waals surface area contributed by atoms with Crippen molar-refractivity contribution < 1.29 is 22.0 Å². The van der Waals surface area contributed by atoms with Gasteiger partial charge in [0.05, 0.1) is 29.4 Å². The third-order valence-electron chi connectivity index (χ3n) is 2.80. The number of hydrogen-bond acceptors (Lipinski definition) is 3. The first-order valence-electron chi connectivity index (χ1n) is 5.52. The van der Waals surface area contributed by atoms with Crippen molar-refractivity contribution in [1.29, 1.82) is 5.26 Å². The van der Waals surface area contributed by atoms with Crippen LogP contribution in [0.25, 0.3) is 11.3 Å². The number of hydrogen-bond donors (Lipinski definition) is 1. The molecule has 108 valence electrons. The highest BCUT2D eigenvalue weighted by molar-refractivity contribution is 5.76. The number of anilines is 1. The molecular weight excluding hydrogens is 293 g/mol. The molecule has 1 aromatic heterocycles. The summed E-state index contributed by atoms with van der Waals surface area (Å²) in [6.45, 7) is 0. The second-order valence-corrected chi connectivity index (χ2v) is 4.01. The average Bonchev–Trinajstić information content (AvgIpc) is 2.47. The van der Waals surface area contributed by atoms with Crippen LogP contribution in [0.5, 0.6) is 0 Å². The van der Waals surface area contributed by atoms with Crippen molar-refractivity contribution in [1.82, 2.24) is 4.98 Å². The molecule has 8 heteroatoms. The number of nitriles is 1. The van der Waals surface area contributed by atoms with E-state index < -0.39 is 40.3 Å². The monoisotopic (exact) mass is 299 g/mol. The number of pyridine rings is 1. The lowest BCUT2D eigenvalue weighted by Crippen LogP contribution is -2.07. The first-order chi connectivity index (χ1) is 9.90. The zero-order valence-electron chi connectivity index (χ0n) is 10.2. The van der Waals surface area contributed by atoms with Crippen molar-refractivity contribution in [2.45, 2.75) is 6.42 Å². The molecule has 21 heavy (non-hydrogen) atoms. The van der Waals surface area contributed by atoms with Crippen LogP contribution in [0.15, 0.2) is 12.3 Å². The minimum absolute atomic E-state index is 0.173. The Morgan fingerprint density at radius 2 is 1.52 bits per heavy atom. The van der Waals surface area contributed by atoms with Gasteiger partial charge in [0.25, 0.3) is 0 Å². The van der Waals surface area contributed by atoms with Crippen LogP contribution in [0, 0.1) is 40.4 Å². The van der Waals surface area contributed by atoms with Gasteiger partial charge in [0.15, 0.2) is 23.3 Å². The lowest BCUT2D eigenvalue weighted by Gasteiger charge is -2.11. The number of aromatic nitrogens is 1. The van der Waals surface area contributed by atoms with Crippen LogP contribution in [0.4, 0.5) is 27.6 Å². The predicted molar refractivity (Wildman–Crippen MR) is 63.2 cm³/mol. The molecule has 0 atom stereocenters. The second-order valence-electron chi connectivity index (χ2n) is 4.01. The number of nitrogen functional groups attached to an aromatic ring is 1. The van der Waals surface area contributed by atoms with Gasteiger partial charge in [-0.25, -0.2) is 22.0 Å². The zero-order chi connectivity index (χ0) is 15.7. The molecule has 0 bridgehead atoms. The van der Waals surface area contributed by atoms with E-state index in [1.165, 1.54) is 6.07 Å². The lowest BCUT2D eigenvalue weighted by atomic mass is 10.0. The standard InChI is InChI=1S/C13H6F5N3/c14-7-6(8(15)10(17)11(18)9(7)16)13-12(20)5(1-3-19)2-4-21-13/h2,4H,1,20H2. The fraction of sp³-hybridized carbons (Fsp3) is 0.0769. The van der Waals surface area contributed by atoms with Gasteiger partial charge >= 0.3 is 0 Å². The summed E-state index contributed by atoms with van der Waals surface area (Å²) >= 11 is 0. The summed E-state index contributed by atoms with van der Waals surface area (Å²) in [4.78, 5) is 3.55. The smallest absolute Gasteiger partial charge is 0.200 e. The number of halogens is 5. The number of benzene rings is 1. The van der Waals surface area contributed by atoms with E-state index in [-0.39, 0.29) is 17.7 Å². The Balaban J connectivity index is 2.81. The van der Waals surface area contributed by atoms with Gasteiger partial charge in [0, 0.05) is 6.20 Å². The van der Waals surface area contributed by atoms with Crippen molar-refractivity contribution in [3.05, 3.63) is 46.9 Å². The Morgan fingerprint density at radius 3 is 2.05 bits per heavy atom. The van der Waals surface area contributed by atoms with Crippen molar-refractivity contribution in [3.8, 4) is 17.3 Å². The zero-order valence-corrected chi connectivity index (χ0v) is 10.2. The molecule has 0 radical (unpaired) electrons. The maximum atomic E-state index is 13.7. The Bertz CT molecular complexity index is 738. The van der Waals surface area contributed by atoms with E-state index in [0.29, 0.717) is 0 Å². The summed E-state index contributed by atoms with van der Waals surface area (Å²) in [5.41, 5.74) is 3.63. The minimum atomic E-state index is -2.26. The normalized spacial score (nSPS) is 10.5. The maximum Gasteiger partial charge on any atom is 0.200 e. The molecule has 1 heterocycles. The first-order valence-corrected chi connectivity index (χ1v) is 5.52. The van der Waals surface area contributed by atoms with E-state index in [2.05, 4.69) is 4.98 Å². The predicted octanol–water partition coefficient (Wildman–Crippen LogP) is 3.09. The van der Waals surface area contributed by atoms with Gasteiger partial charge in [-0.3, -0.25) is 4.98 Å². The van der Waals surface area contributed by atoms with Gasteiger partial charge in [-0.2, -0.15) is 5.26 Å². The summed E-state index contributed by atoms with van der Waals surface area (Å²) < 4.78 is 66.8. The molecular formula is C13H6F5N3. The topological polar surface area (TPSA) is 62.7 Å². The Labute approximate surface area is 115 Å². The third-order valence-corrected chi connectivity index (χ3v) is 2.80. The molecule has 0 aliphatic carbocycles.